The van der Waals surface area contributed by atoms with Gasteiger partial charge in [-0.2, -0.15) is 0 Å². The zero-order valence-electron chi connectivity index (χ0n) is 13.1. The Balaban J connectivity index is 1.69. The Morgan fingerprint density at radius 1 is 1.30 bits per heavy atom. The lowest BCUT2D eigenvalue weighted by Crippen LogP contribution is -2.60. The summed E-state index contributed by atoms with van der Waals surface area (Å²) < 4.78 is 12.6. The van der Waals surface area contributed by atoms with Crippen LogP contribution in [0.2, 0.25) is 0 Å². The first kappa shape index (κ1) is 14.1. The minimum Gasteiger partial charge on any atom is -0.373 e. The third-order valence-corrected chi connectivity index (χ3v) is 5.01. The molecular weight excluding hydrogens is 248 g/mol. The summed E-state index contributed by atoms with van der Waals surface area (Å²) in [5.41, 5.74) is 2.53. The van der Waals surface area contributed by atoms with E-state index in [0.717, 1.165) is 13.0 Å². The van der Waals surface area contributed by atoms with E-state index in [4.69, 9.17) is 9.47 Å². The van der Waals surface area contributed by atoms with Crippen molar-refractivity contribution in [1.29, 1.82) is 0 Å². The quantitative estimate of drug-likeness (QED) is 0.820. The van der Waals surface area contributed by atoms with Crippen LogP contribution in [-0.2, 0) is 16.1 Å². The molecule has 110 valence electrons. The lowest BCUT2D eigenvalue weighted by atomic mass is 9.67. The van der Waals surface area contributed by atoms with Crippen molar-refractivity contribution < 1.29 is 9.47 Å². The van der Waals surface area contributed by atoms with Crippen LogP contribution < -0.4 is 0 Å². The maximum absolute atomic E-state index is 6.28. The second-order valence-corrected chi connectivity index (χ2v) is 7.34. The predicted molar refractivity (Wildman–Crippen MR) is 80.7 cm³/mol. The van der Waals surface area contributed by atoms with E-state index in [9.17, 15) is 0 Å². The minimum absolute atomic E-state index is 0.00945. The molecule has 2 bridgehead atoms. The molecule has 1 aromatic rings. The molecule has 2 aliphatic heterocycles. The zero-order valence-corrected chi connectivity index (χ0v) is 13.1. The van der Waals surface area contributed by atoms with Crippen molar-refractivity contribution in [3.63, 3.8) is 0 Å². The van der Waals surface area contributed by atoms with Crippen molar-refractivity contribution in [2.75, 3.05) is 0 Å². The first-order valence-corrected chi connectivity index (χ1v) is 7.75. The highest BCUT2D eigenvalue weighted by atomic mass is 16.5. The Morgan fingerprint density at radius 3 is 2.75 bits per heavy atom. The molecule has 3 atom stereocenters. The lowest BCUT2D eigenvalue weighted by molar-refractivity contribution is -0.273. The van der Waals surface area contributed by atoms with Crippen LogP contribution in [-0.4, -0.2) is 17.3 Å². The zero-order chi connectivity index (χ0) is 14.4. The number of benzene rings is 1. The van der Waals surface area contributed by atoms with E-state index in [1.54, 1.807) is 0 Å². The van der Waals surface area contributed by atoms with Crippen molar-refractivity contribution in [3.8, 4) is 0 Å². The van der Waals surface area contributed by atoms with E-state index in [-0.39, 0.29) is 11.2 Å². The van der Waals surface area contributed by atoms with E-state index in [0.29, 0.717) is 12.0 Å². The van der Waals surface area contributed by atoms with Crippen LogP contribution in [0.4, 0.5) is 0 Å². The highest BCUT2D eigenvalue weighted by Crippen LogP contribution is 2.50. The topological polar surface area (TPSA) is 18.5 Å². The second kappa shape index (κ2) is 4.85. The van der Waals surface area contributed by atoms with Gasteiger partial charge in [-0.05, 0) is 46.1 Å². The van der Waals surface area contributed by atoms with Gasteiger partial charge in [-0.15, -0.1) is 0 Å². The van der Waals surface area contributed by atoms with E-state index >= 15 is 0 Å². The first-order valence-electron chi connectivity index (χ1n) is 7.75. The summed E-state index contributed by atoms with van der Waals surface area (Å²) in [5.74, 6) is 0.522. The molecule has 0 spiro atoms. The van der Waals surface area contributed by atoms with Crippen LogP contribution in [0.1, 0.15) is 51.2 Å². The van der Waals surface area contributed by atoms with Gasteiger partial charge >= 0.3 is 0 Å². The fourth-order valence-corrected chi connectivity index (χ4v) is 4.10. The molecule has 0 N–H and O–H groups in total. The highest BCUT2D eigenvalue weighted by molar-refractivity contribution is 5.21. The van der Waals surface area contributed by atoms with Crippen LogP contribution >= 0.6 is 0 Å². The largest absolute Gasteiger partial charge is 0.373 e. The summed E-state index contributed by atoms with van der Waals surface area (Å²) in [6.07, 6.45) is 3.76. The van der Waals surface area contributed by atoms with E-state index in [1.807, 2.05) is 0 Å². The summed E-state index contributed by atoms with van der Waals surface area (Å²) in [7, 11) is 0. The molecule has 1 saturated carbocycles. The van der Waals surface area contributed by atoms with Gasteiger partial charge < -0.3 is 9.47 Å². The predicted octanol–water partition coefficient (Wildman–Crippen LogP) is 4.25. The normalized spacial score (nSPS) is 35.2. The fourth-order valence-electron chi connectivity index (χ4n) is 4.10. The standard InChI is InChI=1S/C18H26O2/c1-13-6-5-7-14(10-13)12-19-16-11-18(4)9-8-15(16)17(2,3)20-18/h5-7,10,15-16H,8-9,11-12H2,1-4H3/t15-,16+,18+/m1/s1. The van der Waals surface area contributed by atoms with Gasteiger partial charge in [-0.25, -0.2) is 0 Å². The average molecular weight is 274 g/mol. The third-order valence-electron chi connectivity index (χ3n) is 5.01. The van der Waals surface area contributed by atoms with Gasteiger partial charge in [0.05, 0.1) is 23.9 Å². The van der Waals surface area contributed by atoms with Gasteiger partial charge in [-0.3, -0.25) is 0 Å². The average Bonchev–Trinajstić information content (AvgIpc) is 2.34. The summed E-state index contributed by atoms with van der Waals surface area (Å²) in [5, 5.41) is 0. The summed E-state index contributed by atoms with van der Waals surface area (Å²) in [4.78, 5) is 0. The molecule has 0 radical (unpaired) electrons. The minimum atomic E-state index is -0.0531. The van der Waals surface area contributed by atoms with Gasteiger partial charge in [0.15, 0.2) is 0 Å². The van der Waals surface area contributed by atoms with Crippen LogP contribution in [0.25, 0.3) is 0 Å². The van der Waals surface area contributed by atoms with Crippen LogP contribution in [0.3, 0.4) is 0 Å². The molecule has 20 heavy (non-hydrogen) atoms. The highest BCUT2D eigenvalue weighted by Gasteiger charge is 2.53. The fraction of sp³-hybridized carbons (Fsp3) is 0.667. The Hall–Kier alpha value is -0.860. The van der Waals surface area contributed by atoms with Crippen LogP contribution in [0, 0.1) is 12.8 Å². The molecule has 3 fully saturated rings. The van der Waals surface area contributed by atoms with Gasteiger partial charge in [0.1, 0.15) is 0 Å². The number of aryl methyl sites for hydroxylation is 1. The van der Waals surface area contributed by atoms with Crippen molar-refractivity contribution in [1.82, 2.24) is 0 Å². The Labute approximate surface area is 122 Å². The maximum Gasteiger partial charge on any atom is 0.0720 e. The van der Waals surface area contributed by atoms with Gasteiger partial charge in [0.25, 0.3) is 0 Å². The van der Waals surface area contributed by atoms with Gasteiger partial charge in [0, 0.05) is 12.3 Å². The molecule has 0 amide bonds. The molecule has 2 heterocycles. The SMILES string of the molecule is Cc1cccc(CO[C@H]2C[C@]3(C)CC[C@H]2C(C)(C)O3)c1. The number of fused-ring (bicyclic) bond motifs is 3. The monoisotopic (exact) mass is 274 g/mol. The maximum atomic E-state index is 6.28. The number of rotatable bonds is 3. The lowest BCUT2D eigenvalue weighted by Gasteiger charge is -2.57. The third kappa shape index (κ3) is 2.64. The van der Waals surface area contributed by atoms with E-state index in [1.165, 1.54) is 24.0 Å². The molecule has 2 nitrogen and oxygen atoms in total. The molecule has 3 aliphatic rings. The molecule has 2 heteroatoms. The van der Waals surface area contributed by atoms with E-state index < -0.39 is 0 Å². The molecule has 1 aromatic carbocycles. The number of ether oxygens (including phenoxy) is 2. The van der Waals surface area contributed by atoms with Crippen LogP contribution in [0.15, 0.2) is 24.3 Å². The van der Waals surface area contributed by atoms with Crippen molar-refractivity contribution >= 4 is 0 Å². The van der Waals surface area contributed by atoms with Crippen molar-refractivity contribution in [3.05, 3.63) is 35.4 Å². The Bertz CT molecular complexity index is 491. The van der Waals surface area contributed by atoms with Gasteiger partial charge in [-0.1, -0.05) is 29.8 Å². The second-order valence-electron chi connectivity index (χ2n) is 7.34. The summed E-state index contributed by atoms with van der Waals surface area (Å²) >= 11 is 0. The molecule has 1 aliphatic carbocycles. The number of hydrogen-bond acceptors (Lipinski definition) is 2. The van der Waals surface area contributed by atoms with Crippen molar-refractivity contribution in [2.45, 2.75) is 70.9 Å². The summed E-state index contributed by atoms with van der Waals surface area (Å²) in [6.45, 7) is 9.53. The van der Waals surface area contributed by atoms with Crippen molar-refractivity contribution in [2.24, 2.45) is 5.92 Å². The smallest absolute Gasteiger partial charge is 0.0720 e. The molecule has 0 unspecified atom stereocenters. The molecule has 0 aromatic heterocycles. The summed E-state index contributed by atoms with van der Waals surface area (Å²) in [6, 6.07) is 8.60. The van der Waals surface area contributed by atoms with Gasteiger partial charge in [0.2, 0.25) is 0 Å². The number of hydrogen-bond donors (Lipinski definition) is 0. The Kier molecular flexibility index (Phi) is 3.42. The molecule has 4 rings (SSSR count). The Morgan fingerprint density at radius 2 is 2.10 bits per heavy atom. The molecule has 2 saturated heterocycles. The first-order chi connectivity index (χ1) is 9.38. The van der Waals surface area contributed by atoms with Crippen LogP contribution in [0.5, 0.6) is 0 Å². The van der Waals surface area contributed by atoms with E-state index in [2.05, 4.69) is 52.0 Å². The molecular formula is C18H26O2.